The highest BCUT2D eigenvalue weighted by atomic mass is 16.6. The van der Waals surface area contributed by atoms with Crippen molar-refractivity contribution >= 4 is 18.0 Å². The molecule has 136 valence electrons. The number of carboxylic acid groups (broad SMARTS) is 1. The van der Waals surface area contributed by atoms with E-state index in [9.17, 15) is 9.59 Å². The van der Waals surface area contributed by atoms with Crippen molar-refractivity contribution in [2.24, 2.45) is 4.99 Å². The molecule has 0 spiro atoms. The lowest BCUT2D eigenvalue weighted by molar-refractivity contribution is -0.130. The summed E-state index contributed by atoms with van der Waals surface area (Å²) in [6, 6.07) is 5.33. The summed E-state index contributed by atoms with van der Waals surface area (Å²) in [5.74, 6) is 0.735. The van der Waals surface area contributed by atoms with Gasteiger partial charge in [-0.15, -0.1) is 0 Å². The molecule has 1 fully saturated rings. The summed E-state index contributed by atoms with van der Waals surface area (Å²) in [5, 5.41) is 8.98. The zero-order valence-corrected chi connectivity index (χ0v) is 13.9. The third-order valence-corrected chi connectivity index (χ3v) is 4.31. The first-order chi connectivity index (χ1) is 12.6. The minimum atomic E-state index is -0.936. The number of benzene rings is 1. The normalized spacial score (nSPS) is 20.8. The van der Waals surface area contributed by atoms with Crippen molar-refractivity contribution in [1.82, 2.24) is 9.80 Å². The minimum Gasteiger partial charge on any atom is -0.486 e. The molecule has 1 aromatic rings. The fourth-order valence-electron chi connectivity index (χ4n) is 2.97. The molecule has 0 aromatic heterocycles. The summed E-state index contributed by atoms with van der Waals surface area (Å²) >= 11 is 0. The minimum absolute atomic E-state index is 0.174. The number of aliphatic imine (C=N–C) groups is 1. The van der Waals surface area contributed by atoms with E-state index in [2.05, 4.69) is 4.99 Å². The number of cyclic esters (lactones) is 1. The van der Waals surface area contributed by atoms with E-state index >= 15 is 0 Å². The summed E-state index contributed by atoms with van der Waals surface area (Å²) in [4.78, 5) is 30.6. The van der Waals surface area contributed by atoms with Crippen LogP contribution in [0, 0.1) is 0 Å². The predicted octanol–water partition coefficient (Wildman–Crippen LogP) is 0.898. The molecule has 4 rings (SSSR count). The quantitative estimate of drug-likeness (QED) is 0.618. The molecular formula is C17H17N3O6. The first-order valence-corrected chi connectivity index (χ1v) is 8.25. The summed E-state index contributed by atoms with van der Waals surface area (Å²) in [7, 11) is 0. The van der Waals surface area contributed by atoms with Crippen LogP contribution in [0.4, 0.5) is 4.79 Å². The largest absolute Gasteiger partial charge is 0.486 e. The van der Waals surface area contributed by atoms with Gasteiger partial charge in [-0.05, 0) is 12.1 Å². The Morgan fingerprint density at radius 1 is 1.15 bits per heavy atom. The highest BCUT2D eigenvalue weighted by molar-refractivity contribution is 6.12. The van der Waals surface area contributed by atoms with Crippen molar-refractivity contribution in [1.29, 1.82) is 0 Å². The standard InChI is InChI=1S/C17H17N3O6/c21-16-12(10-19-4-6-20(7-5-19)17(22)23)18-15(26-16)11-2-1-3-13-14(11)25-9-8-24-13/h1-3,10H,4-9H2,(H,22,23)/b12-10+. The van der Waals surface area contributed by atoms with Gasteiger partial charge in [-0.3, -0.25) is 0 Å². The number of hydrogen-bond acceptors (Lipinski definition) is 7. The summed E-state index contributed by atoms with van der Waals surface area (Å²) in [5.41, 5.74) is 0.743. The van der Waals surface area contributed by atoms with Crippen LogP contribution in [0.3, 0.4) is 0 Å². The SMILES string of the molecule is O=C1OC(c2cccc3c2OCCO3)=N/C1=C/N1CCN(C(=O)O)CC1. The van der Waals surface area contributed by atoms with E-state index in [0.717, 1.165) is 0 Å². The Kier molecular flexibility index (Phi) is 4.11. The Balaban J connectivity index is 1.54. The van der Waals surface area contributed by atoms with Gasteiger partial charge in [0, 0.05) is 32.4 Å². The third-order valence-electron chi connectivity index (χ3n) is 4.31. The van der Waals surface area contributed by atoms with E-state index in [1.165, 1.54) is 4.90 Å². The first kappa shape index (κ1) is 16.2. The Morgan fingerprint density at radius 2 is 1.92 bits per heavy atom. The molecule has 1 saturated heterocycles. The zero-order chi connectivity index (χ0) is 18.1. The molecule has 0 aliphatic carbocycles. The number of nitrogens with zero attached hydrogens (tertiary/aromatic N) is 3. The maximum atomic E-state index is 12.2. The number of para-hydroxylation sites is 1. The summed E-state index contributed by atoms with van der Waals surface area (Å²) in [6.07, 6.45) is 0.676. The fourth-order valence-corrected chi connectivity index (χ4v) is 2.97. The van der Waals surface area contributed by atoms with E-state index in [1.54, 1.807) is 24.4 Å². The van der Waals surface area contributed by atoms with Gasteiger partial charge in [0.2, 0.25) is 5.90 Å². The number of hydrogen-bond donors (Lipinski definition) is 1. The van der Waals surface area contributed by atoms with Crippen LogP contribution in [0.25, 0.3) is 0 Å². The number of carbonyl (C=O) groups is 2. The fraction of sp³-hybridized carbons (Fsp3) is 0.353. The van der Waals surface area contributed by atoms with Gasteiger partial charge in [-0.1, -0.05) is 6.07 Å². The van der Waals surface area contributed by atoms with Crippen molar-refractivity contribution < 1.29 is 28.9 Å². The second-order valence-corrected chi connectivity index (χ2v) is 5.96. The van der Waals surface area contributed by atoms with Crippen molar-refractivity contribution in [3.63, 3.8) is 0 Å². The average molecular weight is 359 g/mol. The van der Waals surface area contributed by atoms with Gasteiger partial charge < -0.3 is 29.1 Å². The third kappa shape index (κ3) is 3.03. The van der Waals surface area contributed by atoms with Gasteiger partial charge in [0.25, 0.3) is 0 Å². The molecule has 0 radical (unpaired) electrons. The van der Waals surface area contributed by atoms with Gasteiger partial charge in [-0.25, -0.2) is 14.6 Å². The summed E-state index contributed by atoms with van der Waals surface area (Å²) in [6.45, 7) is 2.62. The predicted molar refractivity (Wildman–Crippen MR) is 89.3 cm³/mol. The van der Waals surface area contributed by atoms with Crippen LogP contribution < -0.4 is 9.47 Å². The van der Waals surface area contributed by atoms with Gasteiger partial charge in [0.1, 0.15) is 13.2 Å². The second-order valence-electron chi connectivity index (χ2n) is 5.96. The molecule has 0 bridgehead atoms. The molecule has 1 aromatic carbocycles. The van der Waals surface area contributed by atoms with Crippen LogP contribution in [-0.2, 0) is 9.53 Å². The van der Waals surface area contributed by atoms with Crippen molar-refractivity contribution in [2.75, 3.05) is 39.4 Å². The monoisotopic (exact) mass is 359 g/mol. The number of piperazine rings is 1. The smallest absolute Gasteiger partial charge is 0.407 e. The van der Waals surface area contributed by atoms with Crippen molar-refractivity contribution in [3.8, 4) is 11.5 Å². The molecule has 1 amide bonds. The summed E-state index contributed by atoms with van der Waals surface area (Å²) < 4.78 is 16.5. The number of fused-ring (bicyclic) bond motifs is 1. The molecule has 26 heavy (non-hydrogen) atoms. The zero-order valence-electron chi connectivity index (χ0n) is 13.9. The molecule has 9 nitrogen and oxygen atoms in total. The maximum absolute atomic E-state index is 12.2. The van der Waals surface area contributed by atoms with E-state index in [1.807, 2.05) is 4.90 Å². The molecule has 3 aliphatic rings. The van der Waals surface area contributed by atoms with Gasteiger partial charge in [0.15, 0.2) is 17.2 Å². The van der Waals surface area contributed by atoms with E-state index in [0.29, 0.717) is 56.5 Å². The van der Waals surface area contributed by atoms with Crippen molar-refractivity contribution in [3.05, 3.63) is 35.7 Å². The molecule has 9 heteroatoms. The van der Waals surface area contributed by atoms with E-state index in [4.69, 9.17) is 19.3 Å². The number of esters is 1. The molecular weight excluding hydrogens is 342 g/mol. The lowest BCUT2D eigenvalue weighted by Gasteiger charge is -2.32. The molecule has 3 heterocycles. The first-order valence-electron chi connectivity index (χ1n) is 8.25. The van der Waals surface area contributed by atoms with Crippen LogP contribution >= 0.6 is 0 Å². The lowest BCUT2D eigenvalue weighted by Crippen LogP contribution is -2.46. The van der Waals surface area contributed by atoms with Crippen LogP contribution in [-0.4, -0.2) is 72.3 Å². The molecule has 0 atom stereocenters. The van der Waals surface area contributed by atoms with E-state index < -0.39 is 12.1 Å². The van der Waals surface area contributed by atoms with Gasteiger partial charge >= 0.3 is 12.1 Å². The number of carbonyl (C=O) groups excluding carboxylic acids is 1. The average Bonchev–Trinajstić information content (AvgIpc) is 3.02. The number of rotatable bonds is 2. The van der Waals surface area contributed by atoms with Crippen LogP contribution in [0.5, 0.6) is 11.5 Å². The van der Waals surface area contributed by atoms with Gasteiger partial charge in [-0.2, -0.15) is 0 Å². The van der Waals surface area contributed by atoms with Crippen LogP contribution in [0.15, 0.2) is 35.1 Å². The number of ether oxygens (including phenoxy) is 3. The van der Waals surface area contributed by atoms with Gasteiger partial charge in [0.05, 0.1) is 5.56 Å². The molecule has 0 unspecified atom stereocenters. The van der Waals surface area contributed by atoms with Crippen molar-refractivity contribution in [2.45, 2.75) is 0 Å². The molecule has 1 N–H and O–H groups in total. The Morgan fingerprint density at radius 3 is 2.69 bits per heavy atom. The Hall–Kier alpha value is -3.23. The highest BCUT2D eigenvalue weighted by Gasteiger charge is 2.30. The van der Waals surface area contributed by atoms with E-state index in [-0.39, 0.29) is 11.6 Å². The number of amides is 1. The highest BCUT2D eigenvalue weighted by Crippen LogP contribution is 2.35. The Labute approximate surface area is 149 Å². The van der Waals surface area contributed by atoms with Crippen LogP contribution in [0.2, 0.25) is 0 Å². The molecule has 0 saturated carbocycles. The second kappa shape index (κ2) is 6.58. The van der Waals surface area contributed by atoms with Crippen LogP contribution in [0.1, 0.15) is 5.56 Å². The topological polar surface area (TPSA) is 101 Å². The lowest BCUT2D eigenvalue weighted by atomic mass is 10.1. The molecule has 3 aliphatic heterocycles. The maximum Gasteiger partial charge on any atom is 0.407 e. The Bertz CT molecular complexity index is 811.